The van der Waals surface area contributed by atoms with E-state index in [0.29, 0.717) is 56.0 Å². The van der Waals surface area contributed by atoms with E-state index in [1.807, 2.05) is 32.6 Å². The van der Waals surface area contributed by atoms with Gasteiger partial charge in [-0.05, 0) is 62.8 Å². The summed E-state index contributed by atoms with van der Waals surface area (Å²) in [7, 11) is 0. The highest BCUT2D eigenvalue weighted by Crippen LogP contribution is 2.24. The summed E-state index contributed by atoms with van der Waals surface area (Å²) < 4.78 is 0. The summed E-state index contributed by atoms with van der Waals surface area (Å²) in [6.07, 6.45) is 1.76. The maximum atomic E-state index is 13.1. The Morgan fingerprint density at radius 2 is 1.67 bits per heavy atom. The van der Waals surface area contributed by atoms with E-state index in [2.05, 4.69) is 5.32 Å². The molecule has 0 saturated carbocycles. The predicted molar refractivity (Wildman–Crippen MR) is 119 cm³/mol. The highest BCUT2D eigenvalue weighted by molar-refractivity contribution is 6.30. The topological polar surface area (TPSA) is 69.7 Å². The number of benzene rings is 1. The molecule has 1 aromatic carbocycles. The van der Waals surface area contributed by atoms with Crippen molar-refractivity contribution >= 4 is 29.3 Å². The molecule has 0 unspecified atom stereocenters. The Balaban J connectivity index is 2.07. The van der Waals surface area contributed by atoms with Crippen LogP contribution in [0.2, 0.25) is 5.02 Å². The van der Waals surface area contributed by atoms with Crippen LogP contribution in [0.5, 0.6) is 0 Å². The fraction of sp³-hybridized carbons (Fsp3) is 0.609. The molecular formula is C23H34ClN3O3. The number of halogens is 1. The van der Waals surface area contributed by atoms with Gasteiger partial charge in [0.05, 0.1) is 0 Å². The fourth-order valence-corrected chi connectivity index (χ4v) is 4.05. The first-order chi connectivity index (χ1) is 14.3. The average Bonchev–Trinajstić information content (AvgIpc) is 2.72. The van der Waals surface area contributed by atoms with Gasteiger partial charge in [0.15, 0.2) is 0 Å². The molecule has 6 nitrogen and oxygen atoms in total. The van der Waals surface area contributed by atoms with Gasteiger partial charge in [-0.3, -0.25) is 14.4 Å². The molecule has 1 aliphatic rings. The zero-order chi connectivity index (χ0) is 22.3. The molecule has 30 heavy (non-hydrogen) atoms. The molecule has 166 valence electrons. The third-order valence-corrected chi connectivity index (χ3v) is 5.89. The highest BCUT2D eigenvalue weighted by Gasteiger charge is 2.35. The number of carbonyl (C=O) groups is 3. The lowest BCUT2D eigenvalue weighted by Crippen LogP contribution is -2.54. The molecule has 1 aromatic rings. The summed E-state index contributed by atoms with van der Waals surface area (Å²) in [5.41, 5.74) is 0.610. The number of hydrogen-bond acceptors (Lipinski definition) is 3. The van der Waals surface area contributed by atoms with Crippen molar-refractivity contribution in [3.63, 3.8) is 0 Å². The molecule has 1 fully saturated rings. The number of nitrogens with zero attached hydrogens (tertiary/aromatic N) is 2. The number of likely N-dealkylation sites (tertiary alicyclic amines) is 1. The van der Waals surface area contributed by atoms with E-state index in [9.17, 15) is 14.4 Å². The number of hydrogen-bond donors (Lipinski definition) is 1. The van der Waals surface area contributed by atoms with Gasteiger partial charge in [0, 0.05) is 43.2 Å². The van der Waals surface area contributed by atoms with Gasteiger partial charge in [-0.25, -0.2) is 0 Å². The monoisotopic (exact) mass is 435 g/mol. The van der Waals surface area contributed by atoms with Crippen LogP contribution in [0.3, 0.4) is 0 Å². The Morgan fingerprint density at radius 3 is 2.17 bits per heavy atom. The second kappa shape index (κ2) is 11.3. The number of rotatable bonds is 8. The van der Waals surface area contributed by atoms with Crippen molar-refractivity contribution in [1.29, 1.82) is 0 Å². The van der Waals surface area contributed by atoms with Crippen LogP contribution in [0.15, 0.2) is 24.3 Å². The summed E-state index contributed by atoms with van der Waals surface area (Å²) in [4.78, 5) is 41.9. The van der Waals surface area contributed by atoms with Crippen molar-refractivity contribution in [3.8, 4) is 0 Å². The third-order valence-electron chi connectivity index (χ3n) is 5.64. The molecule has 0 aliphatic carbocycles. The molecular weight excluding hydrogens is 402 g/mol. The van der Waals surface area contributed by atoms with Gasteiger partial charge in [0.1, 0.15) is 6.04 Å². The van der Waals surface area contributed by atoms with Gasteiger partial charge in [-0.1, -0.05) is 25.4 Å². The van der Waals surface area contributed by atoms with Crippen LogP contribution >= 0.6 is 11.6 Å². The number of amides is 3. The van der Waals surface area contributed by atoms with Crippen molar-refractivity contribution in [2.24, 2.45) is 11.8 Å². The lowest BCUT2D eigenvalue weighted by Gasteiger charge is -2.37. The van der Waals surface area contributed by atoms with Crippen LogP contribution in [0.25, 0.3) is 0 Å². The standard InChI is InChI=1S/C23H34ClN3O3/c1-5-26(6-2)23(30)21(25-20(28)15-16(3)4)17-11-13-27(14-12-17)22(29)18-7-9-19(24)10-8-18/h7-10,16-17,21H,5-6,11-15H2,1-4H3,(H,25,28)/t21-/m1/s1. The van der Waals surface area contributed by atoms with Crippen molar-refractivity contribution in [2.45, 2.75) is 53.0 Å². The zero-order valence-electron chi connectivity index (χ0n) is 18.5. The van der Waals surface area contributed by atoms with Gasteiger partial charge in [-0.15, -0.1) is 0 Å². The first-order valence-electron chi connectivity index (χ1n) is 10.9. The van der Waals surface area contributed by atoms with E-state index < -0.39 is 6.04 Å². The quantitative estimate of drug-likeness (QED) is 0.678. The minimum atomic E-state index is -0.538. The molecule has 0 aromatic heterocycles. The van der Waals surface area contributed by atoms with Gasteiger partial charge in [0.2, 0.25) is 11.8 Å². The maximum Gasteiger partial charge on any atom is 0.253 e. The normalized spacial score (nSPS) is 15.7. The van der Waals surface area contributed by atoms with Gasteiger partial charge < -0.3 is 15.1 Å². The van der Waals surface area contributed by atoms with E-state index in [0.717, 1.165) is 0 Å². The number of carbonyl (C=O) groups excluding carboxylic acids is 3. The van der Waals surface area contributed by atoms with Gasteiger partial charge in [0.25, 0.3) is 5.91 Å². The number of likely N-dealkylation sites (N-methyl/N-ethyl adjacent to an activating group) is 1. The van der Waals surface area contributed by atoms with E-state index in [1.54, 1.807) is 29.2 Å². The Kier molecular flexibility index (Phi) is 9.15. The Morgan fingerprint density at radius 1 is 1.10 bits per heavy atom. The molecule has 1 atom stereocenters. The van der Waals surface area contributed by atoms with Crippen LogP contribution < -0.4 is 5.32 Å². The Bertz CT molecular complexity index is 724. The minimum Gasteiger partial charge on any atom is -0.344 e. The molecule has 0 bridgehead atoms. The van der Waals surface area contributed by atoms with E-state index >= 15 is 0 Å². The lowest BCUT2D eigenvalue weighted by molar-refractivity contribution is -0.138. The Labute approximate surface area is 184 Å². The first-order valence-corrected chi connectivity index (χ1v) is 11.3. The summed E-state index contributed by atoms with van der Waals surface area (Å²) >= 11 is 5.91. The maximum absolute atomic E-state index is 13.1. The molecule has 3 amide bonds. The smallest absolute Gasteiger partial charge is 0.253 e. The van der Waals surface area contributed by atoms with Crippen molar-refractivity contribution in [1.82, 2.24) is 15.1 Å². The molecule has 2 rings (SSSR count). The molecule has 1 aliphatic heterocycles. The van der Waals surface area contributed by atoms with Crippen LogP contribution in [-0.2, 0) is 9.59 Å². The van der Waals surface area contributed by atoms with E-state index in [4.69, 9.17) is 11.6 Å². The third kappa shape index (κ3) is 6.46. The summed E-state index contributed by atoms with van der Waals surface area (Å²) in [6, 6.07) is 6.35. The highest BCUT2D eigenvalue weighted by atomic mass is 35.5. The summed E-state index contributed by atoms with van der Waals surface area (Å²) in [5, 5.41) is 3.60. The summed E-state index contributed by atoms with van der Waals surface area (Å²) in [6.45, 7) is 10.2. The molecule has 7 heteroatoms. The lowest BCUT2D eigenvalue weighted by atomic mass is 9.87. The largest absolute Gasteiger partial charge is 0.344 e. The van der Waals surface area contributed by atoms with E-state index in [-0.39, 0.29) is 29.6 Å². The molecule has 1 saturated heterocycles. The second-order valence-electron chi connectivity index (χ2n) is 8.29. The average molecular weight is 436 g/mol. The SMILES string of the molecule is CCN(CC)C(=O)[C@H](NC(=O)CC(C)C)C1CCN(C(=O)c2ccc(Cl)cc2)CC1. The van der Waals surface area contributed by atoms with Gasteiger partial charge in [-0.2, -0.15) is 0 Å². The first kappa shape index (κ1) is 24.2. The fourth-order valence-electron chi connectivity index (χ4n) is 3.93. The Hall–Kier alpha value is -2.08. The second-order valence-corrected chi connectivity index (χ2v) is 8.73. The van der Waals surface area contributed by atoms with Crippen molar-refractivity contribution in [2.75, 3.05) is 26.2 Å². The minimum absolute atomic E-state index is 0.0171. The van der Waals surface area contributed by atoms with Gasteiger partial charge >= 0.3 is 0 Å². The van der Waals surface area contributed by atoms with Crippen LogP contribution in [0.4, 0.5) is 0 Å². The molecule has 0 radical (unpaired) electrons. The molecule has 1 N–H and O–H groups in total. The number of nitrogens with one attached hydrogen (secondary N) is 1. The summed E-state index contributed by atoms with van der Waals surface area (Å²) in [5.74, 6) is 0.104. The van der Waals surface area contributed by atoms with Crippen molar-refractivity contribution < 1.29 is 14.4 Å². The van der Waals surface area contributed by atoms with Crippen LogP contribution in [-0.4, -0.2) is 59.7 Å². The zero-order valence-corrected chi connectivity index (χ0v) is 19.2. The van der Waals surface area contributed by atoms with Crippen LogP contribution in [0.1, 0.15) is 57.3 Å². The van der Waals surface area contributed by atoms with Crippen LogP contribution in [0, 0.1) is 11.8 Å². The molecule has 0 spiro atoms. The number of piperidine rings is 1. The predicted octanol–water partition coefficient (Wildman–Crippen LogP) is 3.59. The van der Waals surface area contributed by atoms with Crippen molar-refractivity contribution in [3.05, 3.63) is 34.9 Å². The van der Waals surface area contributed by atoms with E-state index in [1.165, 1.54) is 0 Å². The molecule has 1 heterocycles.